The van der Waals surface area contributed by atoms with Gasteiger partial charge in [0, 0.05) is 11.0 Å². The molecular formula is C12H14O2S. The van der Waals surface area contributed by atoms with E-state index in [9.17, 15) is 4.79 Å². The molecule has 0 aliphatic rings. The van der Waals surface area contributed by atoms with E-state index in [1.165, 1.54) is 23.4 Å². The normalized spacial score (nSPS) is 10.5. The van der Waals surface area contributed by atoms with Crippen LogP contribution in [0.2, 0.25) is 0 Å². The molecule has 0 saturated heterocycles. The topological polar surface area (TPSA) is 26.3 Å². The molecule has 15 heavy (non-hydrogen) atoms. The molecule has 0 spiro atoms. The Hall–Kier alpha value is -1.22. The van der Waals surface area contributed by atoms with Gasteiger partial charge in [-0.05, 0) is 31.4 Å². The summed E-state index contributed by atoms with van der Waals surface area (Å²) in [6.07, 6.45) is 1.44. The molecule has 0 aliphatic carbocycles. The SMILES string of the molecule is CCOC(=O)/C=C/Sc1ccc(C)cc1. The van der Waals surface area contributed by atoms with Gasteiger partial charge in [-0.25, -0.2) is 4.79 Å². The number of benzene rings is 1. The largest absolute Gasteiger partial charge is 0.463 e. The molecule has 0 bridgehead atoms. The van der Waals surface area contributed by atoms with Crippen LogP contribution in [0.15, 0.2) is 40.6 Å². The summed E-state index contributed by atoms with van der Waals surface area (Å²) in [6.45, 7) is 4.25. The number of hydrogen-bond donors (Lipinski definition) is 0. The monoisotopic (exact) mass is 222 g/mol. The molecule has 1 aromatic rings. The molecule has 0 aromatic heterocycles. The summed E-state index contributed by atoms with van der Waals surface area (Å²) >= 11 is 1.50. The zero-order valence-corrected chi connectivity index (χ0v) is 9.71. The fourth-order valence-electron chi connectivity index (χ4n) is 0.975. The van der Waals surface area contributed by atoms with E-state index in [0.29, 0.717) is 6.61 Å². The van der Waals surface area contributed by atoms with Gasteiger partial charge >= 0.3 is 5.97 Å². The number of aryl methyl sites for hydroxylation is 1. The highest BCUT2D eigenvalue weighted by Crippen LogP contribution is 2.19. The lowest BCUT2D eigenvalue weighted by Crippen LogP contribution is -1.98. The van der Waals surface area contributed by atoms with E-state index in [4.69, 9.17) is 4.74 Å². The molecule has 80 valence electrons. The summed E-state index contributed by atoms with van der Waals surface area (Å²) in [5.41, 5.74) is 1.23. The number of ether oxygens (including phenoxy) is 1. The molecule has 1 rings (SSSR count). The summed E-state index contributed by atoms with van der Waals surface area (Å²) in [6, 6.07) is 8.13. The van der Waals surface area contributed by atoms with Gasteiger partial charge in [-0.15, -0.1) is 0 Å². The van der Waals surface area contributed by atoms with Crippen molar-refractivity contribution in [2.75, 3.05) is 6.61 Å². The second-order valence-corrected chi connectivity index (χ2v) is 3.96. The third-order valence-electron chi connectivity index (χ3n) is 1.72. The van der Waals surface area contributed by atoms with Crippen molar-refractivity contribution in [2.24, 2.45) is 0 Å². The minimum Gasteiger partial charge on any atom is -0.463 e. The number of thioether (sulfide) groups is 1. The lowest BCUT2D eigenvalue weighted by atomic mass is 10.2. The first-order valence-electron chi connectivity index (χ1n) is 4.79. The van der Waals surface area contributed by atoms with Crippen molar-refractivity contribution in [3.8, 4) is 0 Å². The molecule has 0 aliphatic heterocycles. The molecule has 0 radical (unpaired) electrons. The minimum atomic E-state index is -0.294. The van der Waals surface area contributed by atoms with Crippen molar-refractivity contribution in [1.29, 1.82) is 0 Å². The van der Waals surface area contributed by atoms with E-state index >= 15 is 0 Å². The van der Waals surface area contributed by atoms with Crippen LogP contribution in [0, 0.1) is 6.92 Å². The Bertz CT molecular complexity index is 341. The minimum absolute atomic E-state index is 0.294. The van der Waals surface area contributed by atoms with Crippen LogP contribution in [0.5, 0.6) is 0 Å². The zero-order chi connectivity index (χ0) is 11.1. The highest BCUT2D eigenvalue weighted by Gasteiger charge is 1.93. The molecule has 0 saturated carbocycles. The van der Waals surface area contributed by atoms with Crippen LogP contribution in [0.3, 0.4) is 0 Å². The average molecular weight is 222 g/mol. The van der Waals surface area contributed by atoms with Crippen LogP contribution in [0.25, 0.3) is 0 Å². The second kappa shape index (κ2) is 6.30. The van der Waals surface area contributed by atoms with Crippen LogP contribution in [0.1, 0.15) is 12.5 Å². The maximum Gasteiger partial charge on any atom is 0.331 e. The van der Waals surface area contributed by atoms with Gasteiger partial charge in [-0.2, -0.15) is 0 Å². The first-order valence-corrected chi connectivity index (χ1v) is 5.67. The molecule has 0 N–H and O–H groups in total. The Morgan fingerprint density at radius 3 is 2.67 bits per heavy atom. The number of carbonyl (C=O) groups excluding carboxylic acids is 1. The van der Waals surface area contributed by atoms with E-state index in [-0.39, 0.29) is 5.97 Å². The average Bonchev–Trinajstić information content (AvgIpc) is 2.21. The highest BCUT2D eigenvalue weighted by atomic mass is 32.2. The molecule has 0 fully saturated rings. The molecule has 2 nitrogen and oxygen atoms in total. The summed E-state index contributed by atoms with van der Waals surface area (Å²) < 4.78 is 4.76. The summed E-state index contributed by atoms with van der Waals surface area (Å²) in [4.78, 5) is 12.1. The lowest BCUT2D eigenvalue weighted by molar-refractivity contribution is -0.137. The zero-order valence-electron chi connectivity index (χ0n) is 8.90. The summed E-state index contributed by atoms with van der Waals surface area (Å²) in [7, 11) is 0. The fraction of sp³-hybridized carbons (Fsp3) is 0.250. The van der Waals surface area contributed by atoms with Gasteiger partial charge in [0.15, 0.2) is 0 Å². The van der Waals surface area contributed by atoms with Crippen LogP contribution in [0.4, 0.5) is 0 Å². The summed E-state index contributed by atoms with van der Waals surface area (Å²) in [5.74, 6) is -0.294. The number of hydrogen-bond acceptors (Lipinski definition) is 3. The van der Waals surface area contributed by atoms with Gasteiger partial charge in [-0.3, -0.25) is 0 Å². The smallest absolute Gasteiger partial charge is 0.331 e. The van der Waals surface area contributed by atoms with Crippen molar-refractivity contribution in [1.82, 2.24) is 0 Å². The van der Waals surface area contributed by atoms with Gasteiger partial charge in [0.05, 0.1) is 6.61 Å². The maximum atomic E-state index is 11.0. The lowest BCUT2D eigenvalue weighted by Gasteiger charge is -1.97. The molecular weight excluding hydrogens is 208 g/mol. The third-order valence-corrected chi connectivity index (χ3v) is 2.53. The van der Waals surface area contributed by atoms with Gasteiger partial charge in [0.2, 0.25) is 0 Å². The first kappa shape index (κ1) is 11.9. The van der Waals surface area contributed by atoms with E-state index < -0.39 is 0 Å². The van der Waals surface area contributed by atoms with E-state index in [1.807, 2.05) is 31.2 Å². The van der Waals surface area contributed by atoms with Crippen LogP contribution in [-0.4, -0.2) is 12.6 Å². The standard InChI is InChI=1S/C12H14O2S/c1-3-14-12(13)8-9-15-11-6-4-10(2)5-7-11/h4-9H,3H2,1-2H3/b9-8+. The van der Waals surface area contributed by atoms with Gasteiger partial charge in [-0.1, -0.05) is 29.5 Å². The Morgan fingerprint density at radius 2 is 2.07 bits per heavy atom. The predicted molar refractivity (Wildman–Crippen MR) is 62.8 cm³/mol. The quantitative estimate of drug-likeness (QED) is 0.444. The number of esters is 1. The maximum absolute atomic E-state index is 11.0. The van der Waals surface area contributed by atoms with Crippen molar-refractivity contribution in [2.45, 2.75) is 18.7 Å². The van der Waals surface area contributed by atoms with Crippen molar-refractivity contribution < 1.29 is 9.53 Å². The summed E-state index contributed by atoms with van der Waals surface area (Å²) in [5, 5.41) is 1.74. The second-order valence-electron chi connectivity index (χ2n) is 2.99. The molecule has 0 amide bonds. The van der Waals surface area contributed by atoms with Crippen molar-refractivity contribution in [3.63, 3.8) is 0 Å². The number of rotatable bonds is 4. The van der Waals surface area contributed by atoms with E-state index in [1.54, 1.807) is 12.3 Å². The molecule has 0 heterocycles. The first-order chi connectivity index (χ1) is 7.22. The molecule has 0 unspecified atom stereocenters. The fourth-order valence-corrected chi connectivity index (χ4v) is 1.60. The number of carbonyl (C=O) groups is 1. The molecule has 3 heteroatoms. The van der Waals surface area contributed by atoms with Crippen molar-refractivity contribution in [3.05, 3.63) is 41.3 Å². The van der Waals surface area contributed by atoms with Crippen LogP contribution in [-0.2, 0) is 9.53 Å². The highest BCUT2D eigenvalue weighted by molar-refractivity contribution is 8.02. The van der Waals surface area contributed by atoms with Crippen LogP contribution >= 0.6 is 11.8 Å². The van der Waals surface area contributed by atoms with E-state index in [2.05, 4.69) is 0 Å². The Balaban J connectivity index is 2.43. The molecule has 0 atom stereocenters. The van der Waals surface area contributed by atoms with Gasteiger partial charge in [0.25, 0.3) is 0 Å². The Kier molecular flexibility index (Phi) is 4.98. The van der Waals surface area contributed by atoms with Crippen molar-refractivity contribution >= 4 is 17.7 Å². The predicted octanol–water partition coefficient (Wildman–Crippen LogP) is 3.16. The van der Waals surface area contributed by atoms with Crippen LogP contribution < -0.4 is 0 Å². The Morgan fingerprint density at radius 1 is 1.40 bits per heavy atom. The van der Waals surface area contributed by atoms with E-state index in [0.717, 1.165) is 4.90 Å². The van der Waals surface area contributed by atoms with Gasteiger partial charge < -0.3 is 4.74 Å². The Labute approximate surface area is 94.3 Å². The third kappa shape index (κ3) is 4.70. The molecule has 1 aromatic carbocycles. The van der Waals surface area contributed by atoms with Gasteiger partial charge in [0.1, 0.15) is 0 Å².